The number of nitrogens with one attached hydrogen (secondary N) is 2. The molecule has 0 saturated carbocycles. The number of aromatic nitrogens is 2. The Labute approximate surface area is 190 Å². The average molecular weight is 451 g/mol. The predicted octanol–water partition coefficient (Wildman–Crippen LogP) is 3.83. The van der Waals surface area contributed by atoms with E-state index < -0.39 is 4.92 Å². The van der Waals surface area contributed by atoms with Crippen LogP contribution in [0.4, 0.5) is 5.69 Å². The predicted molar refractivity (Wildman–Crippen MR) is 128 cm³/mol. The molecule has 0 aliphatic rings. The fraction of sp³-hybridized carbons (Fsp3) is 0.136. The van der Waals surface area contributed by atoms with Crippen molar-refractivity contribution in [3.63, 3.8) is 0 Å². The third kappa shape index (κ3) is 5.55. The lowest BCUT2D eigenvalue weighted by Crippen LogP contribution is -2.31. The van der Waals surface area contributed by atoms with Crippen LogP contribution in [0.2, 0.25) is 0 Å². The van der Waals surface area contributed by atoms with Crippen LogP contribution in [-0.4, -0.2) is 39.2 Å². The zero-order chi connectivity index (χ0) is 22.9. The third-order valence-electron chi connectivity index (χ3n) is 4.27. The Morgan fingerprint density at radius 2 is 2.12 bits per heavy atom. The van der Waals surface area contributed by atoms with Gasteiger partial charge in [-0.15, -0.1) is 6.58 Å². The zero-order valence-corrected chi connectivity index (χ0v) is 18.2. The van der Waals surface area contributed by atoms with Crippen molar-refractivity contribution < 1.29 is 9.66 Å². The number of rotatable bonds is 9. The quantitative estimate of drug-likeness (QED) is 0.168. The lowest BCUT2D eigenvalue weighted by molar-refractivity contribution is -0.385. The number of nitrogens with zero attached hydrogens (tertiary/aromatic N) is 4. The minimum Gasteiger partial charge on any atom is -0.487 e. The first-order valence-corrected chi connectivity index (χ1v) is 10.2. The van der Waals surface area contributed by atoms with Crippen molar-refractivity contribution in [3.05, 3.63) is 83.1 Å². The summed E-state index contributed by atoms with van der Waals surface area (Å²) in [5.41, 5.74) is 5.16. The van der Waals surface area contributed by atoms with Gasteiger partial charge in [0, 0.05) is 29.9 Å². The van der Waals surface area contributed by atoms with Crippen LogP contribution in [-0.2, 0) is 0 Å². The Bertz CT molecular complexity index is 1140. The van der Waals surface area contributed by atoms with E-state index in [0.29, 0.717) is 35.1 Å². The van der Waals surface area contributed by atoms with Gasteiger partial charge >= 0.3 is 5.69 Å². The molecule has 0 aliphatic carbocycles. The molecule has 3 rings (SSSR count). The molecule has 10 heteroatoms. The Kier molecular flexibility index (Phi) is 7.65. The van der Waals surface area contributed by atoms with Crippen LogP contribution in [0.15, 0.2) is 72.5 Å². The molecule has 2 N–H and O–H groups in total. The van der Waals surface area contributed by atoms with Gasteiger partial charge in [-0.1, -0.05) is 24.3 Å². The molecule has 0 aliphatic heterocycles. The molecule has 164 valence electrons. The maximum absolute atomic E-state index is 11.6. The van der Waals surface area contributed by atoms with Gasteiger partial charge in [0.25, 0.3) is 0 Å². The molecule has 0 unspecified atom stereocenters. The molecule has 0 fully saturated rings. The second-order valence-electron chi connectivity index (χ2n) is 6.45. The van der Waals surface area contributed by atoms with Crippen molar-refractivity contribution in [2.45, 2.75) is 6.92 Å². The first-order chi connectivity index (χ1) is 15.5. The molecule has 0 atom stereocenters. The molecule has 1 heterocycles. The molecule has 0 radical (unpaired) electrons. The first-order valence-electron chi connectivity index (χ1n) is 9.78. The van der Waals surface area contributed by atoms with Crippen LogP contribution in [0, 0.1) is 10.1 Å². The van der Waals surface area contributed by atoms with E-state index in [1.807, 2.05) is 30.3 Å². The highest BCUT2D eigenvalue weighted by Crippen LogP contribution is 2.33. The summed E-state index contributed by atoms with van der Waals surface area (Å²) in [4.78, 5) is 11.1. The summed E-state index contributed by atoms with van der Waals surface area (Å²) in [6.45, 7) is 6.23. The van der Waals surface area contributed by atoms with Crippen molar-refractivity contribution in [2.24, 2.45) is 5.10 Å². The van der Waals surface area contributed by atoms with Gasteiger partial charge in [0.1, 0.15) is 5.69 Å². The minimum atomic E-state index is -0.471. The highest BCUT2D eigenvalue weighted by molar-refractivity contribution is 7.80. The fourth-order valence-electron chi connectivity index (χ4n) is 2.87. The summed E-state index contributed by atoms with van der Waals surface area (Å²) in [5, 5.41) is 23.6. The fourth-order valence-corrected chi connectivity index (χ4v) is 3.00. The monoisotopic (exact) mass is 450 g/mol. The van der Waals surface area contributed by atoms with Crippen LogP contribution < -0.4 is 15.5 Å². The summed E-state index contributed by atoms with van der Waals surface area (Å²) in [5.74, 6) is 0.208. The van der Waals surface area contributed by atoms with Gasteiger partial charge in [0.05, 0.1) is 23.4 Å². The molecule has 0 spiro atoms. The molecule has 1 aromatic heterocycles. The van der Waals surface area contributed by atoms with E-state index in [4.69, 9.17) is 17.0 Å². The lowest BCUT2D eigenvalue weighted by atomic mass is 10.1. The van der Waals surface area contributed by atoms with Crippen LogP contribution in [0.1, 0.15) is 12.5 Å². The largest absolute Gasteiger partial charge is 0.487 e. The van der Waals surface area contributed by atoms with E-state index in [-0.39, 0.29) is 11.4 Å². The van der Waals surface area contributed by atoms with E-state index in [9.17, 15) is 10.1 Å². The van der Waals surface area contributed by atoms with Crippen LogP contribution in [0.25, 0.3) is 16.9 Å². The van der Waals surface area contributed by atoms with E-state index >= 15 is 0 Å². The van der Waals surface area contributed by atoms with E-state index in [0.717, 1.165) is 5.69 Å². The van der Waals surface area contributed by atoms with Crippen molar-refractivity contribution in [1.29, 1.82) is 0 Å². The number of nitro groups is 1. The Morgan fingerprint density at radius 1 is 1.34 bits per heavy atom. The van der Waals surface area contributed by atoms with Crippen LogP contribution in [0.3, 0.4) is 0 Å². The molecule has 3 aromatic rings. The summed E-state index contributed by atoms with van der Waals surface area (Å²) in [6, 6.07) is 14.3. The number of hydrazone groups is 1. The van der Waals surface area contributed by atoms with Gasteiger partial charge in [-0.3, -0.25) is 15.5 Å². The lowest BCUT2D eigenvalue weighted by Gasteiger charge is -2.06. The zero-order valence-electron chi connectivity index (χ0n) is 17.4. The van der Waals surface area contributed by atoms with Crippen LogP contribution in [0.5, 0.6) is 5.75 Å². The van der Waals surface area contributed by atoms with E-state index in [1.54, 1.807) is 42.2 Å². The molecule has 9 nitrogen and oxygen atoms in total. The topological polar surface area (TPSA) is 107 Å². The summed E-state index contributed by atoms with van der Waals surface area (Å²) in [6.07, 6.45) is 5.03. The highest BCUT2D eigenvalue weighted by atomic mass is 32.1. The van der Waals surface area contributed by atoms with Gasteiger partial charge in [-0.2, -0.15) is 10.2 Å². The summed E-state index contributed by atoms with van der Waals surface area (Å²) >= 11 is 5.13. The number of benzene rings is 2. The van der Waals surface area contributed by atoms with Gasteiger partial charge in [0.2, 0.25) is 0 Å². The van der Waals surface area contributed by atoms with E-state index in [1.165, 1.54) is 6.07 Å². The normalized spacial score (nSPS) is 10.7. The molecule has 32 heavy (non-hydrogen) atoms. The molecule has 0 bridgehead atoms. The number of hydrogen-bond acceptors (Lipinski definition) is 6. The molecule has 2 aromatic carbocycles. The van der Waals surface area contributed by atoms with Gasteiger partial charge in [-0.25, -0.2) is 4.68 Å². The average Bonchev–Trinajstić information content (AvgIpc) is 3.23. The van der Waals surface area contributed by atoms with Crippen molar-refractivity contribution in [3.8, 4) is 22.7 Å². The third-order valence-corrected chi connectivity index (χ3v) is 4.50. The Morgan fingerprint density at radius 3 is 2.81 bits per heavy atom. The molecular weight excluding hydrogens is 428 g/mol. The second-order valence-corrected chi connectivity index (χ2v) is 6.86. The van der Waals surface area contributed by atoms with Gasteiger partial charge in [0.15, 0.2) is 10.9 Å². The van der Waals surface area contributed by atoms with Crippen molar-refractivity contribution in [2.75, 3.05) is 13.2 Å². The standard InChI is InChI=1S/C22H22N6O3S/c1-3-12-23-22(32)25-24-14-17-15-27(18-8-6-5-7-9-18)26-21(17)16-10-11-20(31-4-2)19(13-16)28(29)30/h3,5-11,13-15H,1,4,12H2,2H3,(H2,23,25,32)/b24-14+. The maximum Gasteiger partial charge on any atom is 0.311 e. The Balaban J connectivity index is 2.01. The van der Waals surface area contributed by atoms with Crippen molar-refractivity contribution in [1.82, 2.24) is 20.5 Å². The van der Waals surface area contributed by atoms with Gasteiger partial charge in [-0.05, 0) is 43.4 Å². The summed E-state index contributed by atoms with van der Waals surface area (Å²) in [7, 11) is 0. The van der Waals surface area contributed by atoms with Crippen molar-refractivity contribution >= 4 is 29.2 Å². The number of para-hydroxylation sites is 1. The smallest absolute Gasteiger partial charge is 0.311 e. The minimum absolute atomic E-state index is 0.130. The summed E-state index contributed by atoms with van der Waals surface area (Å²) < 4.78 is 7.07. The molecular formula is C22H22N6O3S. The number of thiocarbonyl (C=S) groups is 1. The van der Waals surface area contributed by atoms with Gasteiger partial charge < -0.3 is 10.1 Å². The van der Waals surface area contributed by atoms with Crippen LogP contribution >= 0.6 is 12.2 Å². The SMILES string of the molecule is C=CCNC(=S)N/N=C/c1cn(-c2ccccc2)nc1-c1ccc(OCC)c([N+](=O)[O-])c1. The number of hydrogen-bond donors (Lipinski definition) is 2. The second kappa shape index (κ2) is 10.8. The molecule has 0 amide bonds. The van der Waals surface area contributed by atoms with E-state index in [2.05, 4.69) is 27.5 Å². The Hall–Kier alpha value is -4.05. The molecule has 0 saturated heterocycles. The highest BCUT2D eigenvalue weighted by Gasteiger charge is 2.19. The first kappa shape index (κ1) is 22.6. The number of nitro benzene ring substituents is 1. The number of ether oxygens (including phenoxy) is 1. The maximum atomic E-state index is 11.6.